The van der Waals surface area contributed by atoms with Gasteiger partial charge in [0, 0.05) is 11.3 Å². The van der Waals surface area contributed by atoms with E-state index in [4.69, 9.17) is 17.4 Å². The molecule has 0 fully saturated rings. The minimum Gasteiger partial charge on any atom is -0.335 e. The molecule has 1 aromatic heterocycles. The first-order valence-electron chi connectivity index (χ1n) is 7.28. The topological polar surface area (TPSA) is 85.8 Å². The standard InChI is InChI=1S/C16H12ClF2N5OS/c17-12-7-11(5-6-13(12)19)21-14(25)8-26-16-23-22-15(24(16)20)9-1-3-10(18)4-2-9/h1-7H,8,20H2,(H,21,25). The molecule has 3 rings (SSSR count). The van der Waals surface area contributed by atoms with Gasteiger partial charge < -0.3 is 11.2 Å². The summed E-state index contributed by atoms with van der Waals surface area (Å²) in [5, 5.41) is 10.7. The number of aromatic nitrogens is 3. The molecule has 3 N–H and O–H groups in total. The van der Waals surface area contributed by atoms with Gasteiger partial charge in [0.1, 0.15) is 11.6 Å². The number of nitrogens with zero attached hydrogens (tertiary/aromatic N) is 3. The minimum atomic E-state index is -0.566. The molecule has 26 heavy (non-hydrogen) atoms. The smallest absolute Gasteiger partial charge is 0.234 e. The zero-order valence-electron chi connectivity index (χ0n) is 13.1. The van der Waals surface area contributed by atoms with Gasteiger partial charge in [-0.3, -0.25) is 4.79 Å². The van der Waals surface area contributed by atoms with Gasteiger partial charge in [-0.15, -0.1) is 10.2 Å². The highest BCUT2D eigenvalue weighted by Crippen LogP contribution is 2.23. The Bertz CT molecular complexity index is 948. The monoisotopic (exact) mass is 395 g/mol. The summed E-state index contributed by atoms with van der Waals surface area (Å²) in [4.78, 5) is 12.0. The molecule has 6 nitrogen and oxygen atoms in total. The summed E-state index contributed by atoms with van der Waals surface area (Å²) >= 11 is 6.74. The van der Waals surface area contributed by atoms with Crippen LogP contribution in [0.25, 0.3) is 11.4 Å². The van der Waals surface area contributed by atoms with Crippen molar-refractivity contribution in [2.45, 2.75) is 5.16 Å². The summed E-state index contributed by atoms with van der Waals surface area (Å²) < 4.78 is 27.3. The van der Waals surface area contributed by atoms with Crippen molar-refractivity contribution < 1.29 is 13.6 Å². The van der Waals surface area contributed by atoms with E-state index in [1.54, 1.807) is 0 Å². The highest BCUT2D eigenvalue weighted by atomic mass is 35.5. The Hall–Kier alpha value is -2.65. The molecule has 2 aromatic carbocycles. The van der Waals surface area contributed by atoms with Gasteiger partial charge in [0.25, 0.3) is 0 Å². The minimum absolute atomic E-state index is 0.00769. The molecular formula is C16H12ClF2N5OS. The lowest BCUT2D eigenvalue weighted by Crippen LogP contribution is -2.16. The second-order valence-corrected chi connectivity index (χ2v) is 6.50. The van der Waals surface area contributed by atoms with Crippen molar-refractivity contribution in [3.8, 4) is 11.4 Å². The number of carbonyl (C=O) groups excluding carboxylic acids is 1. The average Bonchev–Trinajstić information content (AvgIpc) is 2.98. The number of carbonyl (C=O) groups is 1. The maximum Gasteiger partial charge on any atom is 0.234 e. The van der Waals surface area contributed by atoms with Crippen molar-refractivity contribution >= 4 is 35.0 Å². The molecule has 0 aliphatic carbocycles. The summed E-state index contributed by atoms with van der Waals surface area (Å²) in [5.41, 5.74) is 0.974. The van der Waals surface area contributed by atoms with E-state index in [0.29, 0.717) is 22.2 Å². The molecule has 0 atom stereocenters. The largest absolute Gasteiger partial charge is 0.335 e. The summed E-state index contributed by atoms with van der Waals surface area (Å²) in [5.74, 6) is 5.01. The van der Waals surface area contributed by atoms with Crippen LogP contribution in [0.2, 0.25) is 5.02 Å². The van der Waals surface area contributed by atoms with E-state index in [1.807, 2.05) is 0 Å². The van der Waals surface area contributed by atoms with Gasteiger partial charge in [-0.2, -0.15) is 0 Å². The van der Waals surface area contributed by atoms with Crippen LogP contribution in [0.15, 0.2) is 47.6 Å². The lowest BCUT2D eigenvalue weighted by molar-refractivity contribution is -0.113. The molecule has 0 saturated carbocycles. The van der Waals surface area contributed by atoms with Crippen molar-refractivity contribution in [3.63, 3.8) is 0 Å². The normalized spacial score (nSPS) is 10.7. The highest BCUT2D eigenvalue weighted by molar-refractivity contribution is 7.99. The van der Waals surface area contributed by atoms with Crippen LogP contribution in [-0.2, 0) is 4.79 Å². The van der Waals surface area contributed by atoms with E-state index in [-0.39, 0.29) is 22.5 Å². The maximum absolute atomic E-state index is 13.1. The van der Waals surface area contributed by atoms with Crippen LogP contribution in [0.4, 0.5) is 14.5 Å². The van der Waals surface area contributed by atoms with Crippen LogP contribution in [0.1, 0.15) is 0 Å². The number of hydrogen-bond donors (Lipinski definition) is 2. The van der Waals surface area contributed by atoms with Crippen LogP contribution >= 0.6 is 23.4 Å². The molecule has 10 heteroatoms. The van der Waals surface area contributed by atoms with E-state index in [2.05, 4.69) is 15.5 Å². The molecule has 134 valence electrons. The number of anilines is 1. The Morgan fingerprint density at radius 2 is 1.92 bits per heavy atom. The Morgan fingerprint density at radius 1 is 1.19 bits per heavy atom. The summed E-state index contributed by atoms with van der Waals surface area (Å²) in [7, 11) is 0. The third-order valence-electron chi connectivity index (χ3n) is 3.30. The Kier molecular flexibility index (Phi) is 5.38. The zero-order valence-corrected chi connectivity index (χ0v) is 14.7. The van der Waals surface area contributed by atoms with Gasteiger partial charge in [-0.25, -0.2) is 13.5 Å². The van der Waals surface area contributed by atoms with E-state index in [1.165, 1.54) is 41.1 Å². The fourth-order valence-corrected chi connectivity index (χ4v) is 2.91. The van der Waals surface area contributed by atoms with Crippen LogP contribution < -0.4 is 11.2 Å². The number of nitrogens with two attached hydrogens (primary N) is 1. The number of benzene rings is 2. The van der Waals surface area contributed by atoms with Crippen LogP contribution in [0, 0.1) is 11.6 Å². The molecule has 0 aliphatic rings. The molecular weight excluding hydrogens is 384 g/mol. The summed E-state index contributed by atoms with van der Waals surface area (Å²) in [6.07, 6.45) is 0. The van der Waals surface area contributed by atoms with Crippen LogP contribution in [-0.4, -0.2) is 26.5 Å². The first-order valence-corrected chi connectivity index (χ1v) is 8.64. The number of hydrogen-bond acceptors (Lipinski definition) is 5. The lowest BCUT2D eigenvalue weighted by Gasteiger charge is -2.06. The van der Waals surface area contributed by atoms with Crippen molar-refractivity contribution in [3.05, 3.63) is 59.1 Å². The Labute approximate surface area is 156 Å². The molecule has 3 aromatic rings. The predicted molar refractivity (Wildman–Crippen MR) is 96.3 cm³/mol. The maximum atomic E-state index is 13.1. The van der Waals surface area contributed by atoms with E-state index >= 15 is 0 Å². The van der Waals surface area contributed by atoms with E-state index < -0.39 is 5.82 Å². The molecule has 0 unspecified atom stereocenters. The molecule has 1 heterocycles. The second kappa shape index (κ2) is 7.71. The van der Waals surface area contributed by atoms with Crippen molar-refractivity contribution in [2.75, 3.05) is 16.9 Å². The zero-order chi connectivity index (χ0) is 18.7. The van der Waals surface area contributed by atoms with Crippen molar-refractivity contribution in [1.82, 2.24) is 14.9 Å². The number of halogens is 3. The quantitative estimate of drug-likeness (QED) is 0.511. The van der Waals surface area contributed by atoms with Gasteiger partial charge in [0.05, 0.1) is 10.8 Å². The second-order valence-electron chi connectivity index (χ2n) is 5.15. The Balaban J connectivity index is 1.63. The number of amides is 1. The molecule has 1 amide bonds. The number of thioether (sulfide) groups is 1. The molecule has 0 aliphatic heterocycles. The van der Waals surface area contributed by atoms with Crippen molar-refractivity contribution in [1.29, 1.82) is 0 Å². The van der Waals surface area contributed by atoms with Crippen LogP contribution in [0.3, 0.4) is 0 Å². The van der Waals surface area contributed by atoms with E-state index in [9.17, 15) is 13.6 Å². The van der Waals surface area contributed by atoms with Gasteiger partial charge in [0.2, 0.25) is 11.1 Å². The Morgan fingerprint density at radius 3 is 2.62 bits per heavy atom. The predicted octanol–water partition coefficient (Wildman–Crippen LogP) is 3.32. The van der Waals surface area contributed by atoms with Gasteiger partial charge in [-0.05, 0) is 42.5 Å². The fraction of sp³-hybridized carbons (Fsp3) is 0.0625. The molecule has 0 bridgehead atoms. The fourth-order valence-electron chi connectivity index (χ4n) is 2.07. The van der Waals surface area contributed by atoms with Gasteiger partial charge >= 0.3 is 0 Å². The van der Waals surface area contributed by atoms with Crippen LogP contribution in [0.5, 0.6) is 0 Å². The lowest BCUT2D eigenvalue weighted by atomic mass is 10.2. The van der Waals surface area contributed by atoms with Gasteiger partial charge in [-0.1, -0.05) is 23.4 Å². The SMILES string of the molecule is Nn1c(SCC(=O)Nc2ccc(F)c(Cl)c2)nnc1-c1ccc(F)cc1. The number of nitrogens with one attached hydrogen (secondary N) is 1. The van der Waals surface area contributed by atoms with E-state index in [0.717, 1.165) is 17.8 Å². The molecule has 0 spiro atoms. The highest BCUT2D eigenvalue weighted by Gasteiger charge is 2.14. The first-order chi connectivity index (χ1) is 12.4. The van der Waals surface area contributed by atoms with Gasteiger partial charge in [0.15, 0.2) is 5.82 Å². The first kappa shape index (κ1) is 18.2. The average molecular weight is 396 g/mol. The molecule has 0 radical (unpaired) electrons. The number of rotatable bonds is 5. The molecule has 0 saturated heterocycles. The van der Waals surface area contributed by atoms with Crippen molar-refractivity contribution in [2.24, 2.45) is 0 Å². The third kappa shape index (κ3) is 4.12. The summed E-state index contributed by atoms with van der Waals surface area (Å²) in [6, 6.07) is 9.52. The number of nitrogen functional groups attached to an aromatic ring is 1. The summed E-state index contributed by atoms with van der Waals surface area (Å²) in [6.45, 7) is 0. The third-order valence-corrected chi connectivity index (χ3v) is 4.54.